The largest absolute Gasteiger partial charge is 0.326 e. The predicted octanol–water partition coefficient (Wildman–Crippen LogP) is 3.48. The number of nitrogens with zero attached hydrogens (tertiary/aromatic N) is 1. The summed E-state index contributed by atoms with van der Waals surface area (Å²) in [6, 6.07) is 11.1. The zero-order chi connectivity index (χ0) is 14.5. The molecule has 2 N–H and O–H groups in total. The maximum absolute atomic E-state index is 13.2. The normalized spacial score (nSPS) is 10.5. The Morgan fingerprint density at radius 2 is 2.05 bits per heavy atom. The first-order chi connectivity index (χ1) is 9.60. The average Bonchev–Trinajstić information content (AvgIpc) is 2.45. The molecule has 104 valence electrons. The van der Waals surface area contributed by atoms with E-state index in [2.05, 4.69) is 0 Å². The van der Waals surface area contributed by atoms with Crippen molar-refractivity contribution in [1.82, 2.24) is 0 Å². The summed E-state index contributed by atoms with van der Waals surface area (Å²) >= 11 is 1.42. The van der Waals surface area contributed by atoms with Gasteiger partial charge in [0.15, 0.2) is 0 Å². The van der Waals surface area contributed by atoms with Crippen molar-refractivity contribution in [2.24, 2.45) is 5.73 Å². The first kappa shape index (κ1) is 14.5. The number of hydrogen-bond donors (Lipinski definition) is 1. The molecule has 0 bridgehead atoms. The van der Waals surface area contributed by atoms with Crippen LogP contribution < -0.4 is 5.73 Å². The van der Waals surface area contributed by atoms with E-state index in [0.29, 0.717) is 17.9 Å². The van der Waals surface area contributed by atoms with Crippen LogP contribution in [0.4, 0.5) is 10.1 Å². The monoisotopic (exact) mass is 292 g/mol. The average molecular weight is 292 g/mol. The number of thioether (sulfide) groups is 1. The summed E-state index contributed by atoms with van der Waals surface area (Å²) in [6.07, 6.45) is 0. The van der Waals surface area contributed by atoms with Crippen LogP contribution in [0.3, 0.4) is 0 Å². The molecule has 0 atom stereocenters. The fraction of sp³-hybridized carbons (Fsp3) is 0.143. The molecule has 4 nitrogen and oxygen atoms in total. The second-order valence-electron chi connectivity index (χ2n) is 4.17. The topological polar surface area (TPSA) is 69.2 Å². The Morgan fingerprint density at radius 1 is 1.25 bits per heavy atom. The highest BCUT2D eigenvalue weighted by Crippen LogP contribution is 2.28. The van der Waals surface area contributed by atoms with Gasteiger partial charge in [-0.1, -0.05) is 12.1 Å². The van der Waals surface area contributed by atoms with Crippen LogP contribution in [-0.2, 0) is 12.3 Å². The number of nitro groups is 1. The number of rotatable bonds is 5. The second-order valence-corrected chi connectivity index (χ2v) is 5.22. The molecule has 2 aromatic rings. The van der Waals surface area contributed by atoms with Crippen LogP contribution >= 0.6 is 11.8 Å². The summed E-state index contributed by atoms with van der Waals surface area (Å²) in [5.41, 5.74) is 6.86. The lowest BCUT2D eigenvalue weighted by Crippen LogP contribution is -1.96. The highest BCUT2D eigenvalue weighted by molar-refractivity contribution is 7.98. The molecule has 2 aromatic carbocycles. The summed E-state index contributed by atoms with van der Waals surface area (Å²) < 4.78 is 13.2. The molecule has 0 saturated carbocycles. The fourth-order valence-electron chi connectivity index (χ4n) is 1.77. The molecule has 0 aliphatic carbocycles. The van der Waals surface area contributed by atoms with E-state index in [1.807, 2.05) is 24.3 Å². The van der Waals surface area contributed by atoms with Gasteiger partial charge in [-0.05, 0) is 29.8 Å². The van der Waals surface area contributed by atoms with Gasteiger partial charge in [0.2, 0.25) is 0 Å². The van der Waals surface area contributed by atoms with Crippen molar-refractivity contribution < 1.29 is 9.31 Å². The predicted molar refractivity (Wildman–Crippen MR) is 76.9 cm³/mol. The van der Waals surface area contributed by atoms with E-state index in [4.69, 9.17) is 5.73 Å². The van der Waals surface area contributed by atoms with E-state index < -0.39 is 10.7 Å². The maximum atomic E-state index is 13.2. The van der Waals surface area contributed by atoms with Crippen molar-refractivity contribution in [3.63, 3.8) is 0 Å². The minimum atomic E-state index is -0.494. The minimum absolute atomic E-state index is 0.0612. The lowest BCUT2D eigenvalue weighted by molar-refractivity contribution is -0.385. The van der Waals surface area contributed by atoms with E-state index in [9.17, 15) is 14.5 Å². The van der Waals surface area contributed by atoms with Gasteiger partial charge in [-0.15, -0.1) is 11.8 Å². The summed E-state index contributed by atoms with van der Waals surface area (Å²) in [5.74, 6) is -0.135. The third-order valence-electron chi connectivity index (χ3n) is 2.77. The Labute approximate surface area is 119 Å². The number of nitrogens with two attached hydrogens (primary N) is 1. The van der Waals surface area contributed by atoms with Gasteiger partial charge in [0.05, 0.1) is 4.92 Å². The molecule has 0 fully saturated rings. The van der Waals surface area contributed by atoms with Crippen LogP contribution in [0.5, 0.6) is 0 Å². The first-order valence-electron chi connectivity index (χ1n) is 5.95. The van der Waals surface area contributed by atoms with Crippen molar-refractivity contribution in [1.29, 1.82) is 0 Å². The van der Waals surface area contributed by atoms with Crippen LogP contribution in [0.1, 0.15) is 11.1 Å². The van der Waals surface area contributed by atoms with Gasteiger partial charge in [-0.2, -0.15) is 0 Å². The van der Waals surface area contributed by atoms with Crippen LogP contribution in [-0.4, -0.2) is 4.92 Å². The molecule has 0 unspecified atom stereocenters. The van der Waals surface area contributed by atoms with Gasteiger partial charge in [-0.3, -0.25) is 10.1 Å². The molecule has 0 spiro atoms. The highest BCUT2D eigenvalue weighted by atomic mass is 32.2. The van der Waals surface area contributed by atoms with E-state index in [0.717, 1.165) is 16.5 Å². The molecule has 0 heterocycles. The maximum Gasteiger partial charge on any atom is 0.273 e. The van der Waals surface area contributed by atoms with Crippen LogP contribution in [0.25, 0.3) is 0 Å². The Hall–Kier alpha value is -1.92. The number of benzene rings is 2. The second kappa shape index (κ2) is 6.49. The fourth-order valence-corrected chi connectivity index (χ4v) is 2.73. The summed E-state index contributed by atoms with van der Waals surface area (Å²) in [5, 5.41) is 10.9. The SMILES string of the molecule is NCc1cccc(SCc2cc(F)ccc2[N+](=O)[O-])c1. The Balaban J connectivity index is 2.17. The molecule has 0 radical (unpaired) electrons. The first-order valence-corrected chi connectivity index (χ1v) is 6.93. The molecule has 0 amide bonds. The summed E-state index contributed by atoms with van der Waals surface area (Å²) in [7, 11) is 0. The van der Waals surface area contributed by atoms with E-state index in [1.165, 1.54) is 23.9 Å². The third-order valence-corrected chi connectivity index (χ3v) is 3.81. The molecular weight excluding hydrogens is 279 g/mol. The number of hydrogen-bond acceptors (Lipinski definition) is 4. The van der Waals surface area contributed by atoms with Gasteiger partial charge in [0.25, 0.3) is 5.69 Å². The standard InChI is InChI=1S/C14H13FN2O2S/c15-12-4-5-14(17(18)19)11(7-12)9-20-13-3-1-2-10(6-13)8-16/h1-7H,8-9,16H2. The van der Waals surface area contributed by atoms with E-state index in [-0.39, 0.29) is 5.69 Å². The van der Waals surface area contributed by atoms with E-state index in [1.54, 1.807) is 0 Å². The van der Waals surface area contributed by atoms with Gasteiger partial charge in [0, 0.05) is 28.8 Å². The lowest BCUT2D eigenvalue weighted by Gasteiger charge is -2.05. The lowest BCUT2D eigenvalue weighted by atomic mass is 10.2. The molecule has 6 heteroatoms. The van der Waals surface area contributed by atoms with Crippen molar-refractivity contribution >= 4 is 17.4 Å². The Morgan fingerprint density at radius 3 is 2.75 bits per heavy atom. The minimum Gasteiger partial charge on any atom is -0.326 e. The van der Waals surface area contributed by atoms with Gasteiger partial charge < -0.3 is 5.73 Å². The van der Waals surface area contributed by atoms with Crippen LogP contribution in [0.15, 0.2) is 47.4 Å². The Kier molecular flexibility index (Phi) is 4.70. The Bertz CT molecular complexity index is 634. The zero-order valence-corrected chi connectivity index (χ0v) is 11.4. The quantitative estimate of drug-likeness (QED) is 0.520. The van der Waals surface area contributed by atoms with Crippen molar-refractivity contribution in [3.8, 4) is 0 Å². The van der Waals surface area contributed by atoms with Crippen molar-refractivity contribution in [2.75, 3.05) is 0 Å². The van der Waals surface area contributed by atoms with E-state index >= 15 is 0 Å². The van der Waals surface area contributed by atoms with Crippen LogP contribution in [0, 0.1) is 15.9 Å². The van der Waals surface area contributed by atoms with Gasteiger partial charge in [-0.25, -0.2) is 4.39 Å². The molecule has 0 aromatic heterocycles. The third kappa shape index (κ3) is 3.55. The van der Waals surface area contributed by atoms with Crippen LogP contribution in [0.2, 0.25) is 0 Å². The zero-order valence-electron chi connectivity index (χ0n) is 10.6. The molecule has 0 aliphatic heterocycles. The van der Waals surface area contributed by atoms with Crippen molar-refractivity contribution in [2.45, 2.75) is 17.2 Å². The summed E-state index contributed by atoms with van der Waals surface area (Å²) in [6.45, 7) is 0.439. The highest BCUT2D eigenvalue weighted by Gasteiger charge is 2.14. The smallest absolute Gasteiger partial charge is 0.273 e. The molecule has 0 aliphatic rings. The van der Waals surface area contributed by atoms with Crippen molar-refractivity contribution in [3.05, 3.63) is 69.5 Å². The van der Waals surface area contributed by atoms with Gasteiger partial charge >= 0.3 is 0 Å². The molecule has 20 heavy (non-hydrogen) atoms. The van der Waals surface area contributed by atoms with Gasteiger partial charge in [0.1, 0.15) is 5.82 Å². The molecule has 2 rings (SSSR count). The number of halogens is 1. The summed E-state index contributed by atoms with van der Waals surface area (Å²) in [4.78, 5) is 11.4. The molecular formula is C14H13FN2O2S. The molecule has 0 saturated heterocycles. The number of nitro benzene ring substituents is 1.